The lowest BCUT2D eigenvalue weighted by Crippen LogP contribution is -2.02. The van der Waals surface area contributed by atoms with Crippen molar-refractivity contribution in [1.82, 2.24) is 0 Å². The SMILES string of the molecule is Cc1ccccc1NCc1c(O)ccc2cc(Br)ccc12. The van der Waals surface area contributed by atoms with Gasteiger partial charge in [-0.1, -0.05) is 46.3 Å². The molecule has 0 saturated carbocycles. The molecule has 0 fully saturated rings. The highest BCUT2D eigenvalue weighted by Crippen LogP contribution is 2.30. The maximum absolute atomic E-state index is 10.2. The number of nitrogens with one attached hydrogen (secondary N) is 1. The quantitative estimate of drug-likeness (QED) is 0.683. The molecule has 0 heterocycles. The minimum Gasteiger partial charge on any atom is -0.508 e. The fourth-order valence-electron chi connectivity index (χ4n) is 2.49. The smallest absolute Gasteiger partial charge is 0.121 e. The molecular formula is C18H16BrNO. The van der Waals surface area contributed by atoms with Crippen LogP contribution in [0.1, 0.15) is 11.1 Å². The van der Waals surface area contributed by atoms with Crippen LogP contribution in [0.5, 0.6) is 5.75 Å². The van der Waals surface area contributed by atoms with Gasteiger partial charge in [-0.25, -0.2) is 0 Å². The molecule has 3 aromatic carbocycles. The second-order valence-corrected chi connectivity index (χ2v) is 6.01. The third-order valence-electron chi connectivity index (χ3n) is 3.67. The molecule has 0 aliphatic rings. The van der Waals surface area contributed by atoms with E-state index in [9.17, 15) is 5.11 Å². The Balaban J connectivity index is 1.97. The van der Waals surface area contributed by atoms with Crippen molar-refractivity contribution in [2.24, 2.45) is 0 Å². The molecule has 0 atom stereocenters. The molecule has 0 unspecified atom stereocenters. The first-order valence-electron chi connectivity index (χ1n) is 6.85. The van der Waals surface area contributed by atoms with Crippen LogP contribution in [0.4, 0.5) is 5.69 Å². The van der Waals surface area contributed by atoms with Crippen molar-refractivity contribution in [3.8, 4) is 5.75 Å². The number of para-hydroxylation sites is 1. The lowest BCUT2D eigenvalue weighted by molar-refractivity contribution is 0.470. The summed E-state index contributed by atoms with van der Waals surface area (Å²) < 4.78 is 1.04. The molecule has 2 nitrogen and oxygen atoms in total. The van der Waals surface area contributed by atoms with E-state index in [1.54, 1.807) is 6.07 Å². The zero-order valence-electron chi connectivity index (χ0n) is 11.7. The van der Waals surface area contributed by atoms with Gasteiger partial charge in [-0.15, -0.1) is 0 Å². The van der Waals surface area contributed by atoms with Gasteiger partial charge in [0.1, 0.15) is 5.75 Å². The Labute approximate surface area is 132 Å². The molecule has 3 heteroatoms. The van der Waals surface area contributed by atoms with E-state index in [0.29, 0.717) is 12.3 Å². The van der Waals surface area contributed by atoms with Crippen molar-refractivity contribution in [2.45, 2.75) is 13.5 Å². The normalized spacial score (nSPS) is 10.8. The number of anilines is 1. The van der Waals surface area contributed by atoms with Crippen LogP contribution in [-0.2, 0) is 6.54 Å². The first kappa shape index (κ1) is 14.0. The number of phenolic OH excluding ortho intramolecular Hbond substituents is 1. The molecule has 0 saturated heterocycles. The van der Waals surface area contributed by atoms with E-state index in [-0.39, 0.29) is 0 Å². The van der Waals surface area contributed by atoms with Gasteiger partial charge in [-0.2, -0.15) is 0 Å². The van der Waals surface area contributed by atoms with Gasteiger partial charge in [0.05, 0.1) is 0 Å². The fourth-order valence-corrected chi connectivity index (χ4v) is 2.87. The van der Waals surface area contributed by atoms with Crippen molar-refractivity contribution in [2.75, 3.05) is 5.32 Å². The van der Waals surface area contributed by atoms with Crippen LogP contribution >= 0.6 is 15.9 Å². The van der Waals surface area contributed by atoms with Crippen molar-refractivity contribution >= 4 is 32.4 Å². The number of halogens is 1. The Hall–Kier alpha value is -2.00. The van der Waals surface area contributed by atoms with Crippen LogP contribution in [-0.4, -0.2) is 5.11 Å². The molecule has 0 radical (unpaired) electrons. The number of aryl methyl sites for hydroxylation is 1. The Morgan fingerprint density at radius 3 is 2.67 bits per heavy atom. The number of rotatable bonds is 3. The number of phenols is 1. The standard InChI is InChI=1S/C18H16BrNO/c1-12-4-2-3-5-17(12)20-11-16-15-8-7-14(19)10-13(15)6-9-18(16)21/h2-10,20-21H,11H2,1H3. The van der Waals surface area contributed by atoms with Gasteiger partial charge in [0, 0.05) is 22.3 Å². The molecule has 0 aliphatic heterocycles. The van der Waals surface area contributed by atoms with E-state index in [0.717, 1.165) is 26.5 Å². The Kier molecular flexibility index (Phi) is 3.84. The zero-order valence-corrected chi connectivity index (χ0v) is 13.3. The molecule has 0 spiro atoms. The van der Waals surface area contributed by atoms with Crippen LogP contribution in [0.15, 0.2) is 59.1 Å². The topological polar surface area (TPSA) is 32.3 Å². The number of fused-ring (bicyclic) bond motifs is 1. The Morgan fingerprint density at radius 2 is 1.86 bits per heavy atom. The summed E-state index contributed by atoms with van der Waals surface area (Å²) in [6, 6.07) is 17.9. The molecule has 0 amide bonds. The van der Waals surface area contributed by atoms with Crippen molar-refractivity contribution < 1.29 is 5.11 Å². The van der Waals surface area contributed by atoms with Gasteiger partial charge in [-0.3, -0.25) is 0 Å². The summed E-state index contributed by atoms with van der Waals surface area (Å²) in [7, 11) is 0. The molecule has 0 aliphatic carbocycles. The minimum atomic E-state index is 0.325. The van der Waals surface area contributed by atoms with Crippen LogP contribution < -0.4 is 5.32 Å². The second kappa shape index (κ2) is 5.78. The summed E-state index contributed by atoms with van der Waals surface area (Å²) in [4.78, 5) is 0. The van der Waals surface area contributed by atoms with E-state index in [2.05, 4.69) is 40.3 Å². The molecule has 2 N–H and O–H groups in total. The van der Waals surface area contributed by atoms with E-state index in [1.807, 2.05) is 36.4 Å². The van der Waals surface area contributed by atoms with Gasteiger partial charge in [0.25, 0.3) is 0 Å². The van der Waals surface area contributed by atoms with E-state index >= 15 is 0 Å². The monoisotopic (exact) mass is 341 g/mol. The summed E-state index contributed by atoms with van der Waals surface area (Å²) in [5.41, 5.74) is 3.20. The van der Waals surface area contributed by atoms with E-state index < -0.39 is 0 Å². The number of benzene rings is 3. The average molecular weight is 342 g/mol. The zero-order chi connectivity index (χ0) is 14.8. The number of hydrogen-bond acceptors (Lipinski definition) is 2. The third-order valence-corrected chi connectivity index (χ3v) is 4.16. The van der Waals surface area contributed by atoms with Crippen LogP contribution in [0.2, 0.25) is 0 Å². The summed E-state index contributed by atoms with van der Waals surface area (Å²) in [5.74, 6) is 0.325. The average Bonchev–Trinajstić information content (AvgIpc) is 2.48. The number of hydrogen-bond donors (Lipinski definition) is 2. The maximum atomic E-state index is 10.2. The van der Waals surface area contributed by atoms with Crippen LogP contribution in [0.25, 0.3) is 10.8 Å². The predicted molar refractivity (Wildman–Crippen MR) is 91.8 cm³/mol. The second-order valence-electron chi connectivity index (χ2n) is 5.10. The molecule has 3 aromatic rings. The summed E-state index contributed by atoms with van der Waals surface area (Å²) in [5, 5.41) is 15.8. The highest BCUT2D eigenvalue weighted by atomic mass is 79.9. The van der Waals surface area contributed by atoms with Crippen molar-refractivity contribution in [3.05, 3.63) is 70.2 Å². The Bertz CT molecular complexity index is 798. The predicted octanol–water partition coefficient (Wildman–Crippen LogP) is 5.23. The fraction of sp³-hybridized carbons (Fsp3) is 0.111. The van der Waals surface area contributed by atoms with Crippen molar-refractivity contribution in [1.29, 1.82) is 0 Å². The summed E-state index contributed by atoms with van der Waals surface area (Å²) in [6.45, 7) is 2.66. The first-order valence-corrected chi connectivity index (χ1v) is 7.64. The lowest BCUT2D eigenvalue weighted by Gasteiger charge is -2.13. The van der Waals surface area contributed by atoms with Gasteiger partial charge >= 0.3 is 0 Å². The van der Waals surface area contributed by atoms with E-state index in [4.69, 9.17) is 0 Å². The molecule has 0 aromatic heterocycles. The summed E-state index contributed by atoms with van der Waals surface area (Å²) >= 11 is 3.48. The highest BCUT2D eigenvalue weighted by molar-refractivity contribution is 9.10. The largest absolute Gasteiger partial charge is 0.508 e. The first-order chi connectivity index (χ1) is 10.1. The minimum absolute atomic E-state index is 0.325. The van der Waals surface area contributed by atoms with Gasteiger partial charge in [0.2, 0.25) is 0 Å². The maximum Gasteiger partial charge on any atom is 0.121 e. The van der Waals surface area contributed by atoms with Crippen molar-refractivity contribution in [3.63, 3.8) is 0 Å². The lowest BCUT2D eigenvalue weighted by atomic mass is 10.0. The molecule has 0 bridgehead atoms. The molecule has 21 heavy (non-hydrogen) atoms. The Morgan fingerprint density at radius 1 is 1.05 bits per heavy atom. The molecular weight excluding hydrogens is 326 g/mol. The van der Waals surface area contributed by atoms with Gasteiger partial charge < -0.3 is 10.4 Å². The van der Waals surface area contributed by atoms with Gasteiger partial charge in [-0.05, 0) is 47.5 Å². The number of aromatic hydroxyl groups is 1. The molecule has 106 valence electrons. The van der Waals surface area contributed by atoms with Gasteiger partial charge in [0.15, 0.2) is 0 Å². The van der Waals surface area contributed by atoms with Crippen LogP contribution in [0, 0.1) is 6.92 Å². The summed E-state index contributed by atoms with van der Waals surface area (Å²) in [6.07, 6.45) is 0. The molecule has 3 rings (SSSR count). The third kappa shape index (κ3) is 2.88. The highest BCUT2D eigenvalue weighted by Gasteiger charge is 2.08. The van der Waals surface area contributed by atoms with Crippen LogP contribution in [0.3, 0.4) is 0 Å². The van der Waals surface area contributed by atoms with E-state index in [1.165, 1.54) is 5.56 Å².